The third-order valence-electron chi connectivity index (χ3n) is 3.02. The molecule has 1 aliphatic heterocycles. The number of hydrogen-bond acceptors (Lipinski definition) is 4. The summed E-state index contributed by atoms with van der Waals surface area (Å²) in [5, 5.41) is 18.3. The fraction of sp³-hybridized carbons (Fsp3) is 0.900. The fourth-order valence-electron chi connectivity index (χ4n) is 1.87. The molecule has 0 aromatic heterocycles. The van der Waals surface area contributed by atoms with Crippen LogP contribution in [0.3, 0.4) is 0 Å². The van der Waals surface area contributed by atoms with E-state index in [-0.39, 0.29) is 13.1 Å². The van der Waals surface area contributed by atoms with Gasteiger partial charge in [-0.1, -0.05) is 6.92 Å². The van der Waals surface area contributed by atoms with Gasteiger partial charge in [0.2, 0.25) is 0 Å². The Bertz CT molecular complexity index is 384. The topological polar surface area (TPSA) is 107 Å². The summed E-state index contributed by atoms with van der Waals surface area (Å²) in [5.74, 6) is -1.13. The molecule has 1 fully saturated rings. The number of aliphatic hydroxyl groups is 1. The number of hydrogen-bond donors (Lipinski definition) is 3. The summed E-state index contributed by atoms with van der Waals surface area (Å²) >= 11 is 0. The van der Waals surface area contributed by atoms with Gasteiger partial charge in [0.15, 0.2) is 0 Å². The highest BCUT2D eigenvalue weighted by Crippen LogP contribution is 2.19. The maximum atomic E-state index is 12.0. The van der Waals surface area contributed by atoms with E-state index in [1.807, 2.05) is 0 Å². The summed E-state index contributed by atoms with van der Waals surface area (Å²) in [7, 11) is -3.84. The molecule has 8 heteroatoms. The standard InChI is InChI=1S/C10H20N2O5S/c1-2-8(13)7-11-18(16,17)12-6-4-3-5-9(12)10(14)15/h8-9,11,13H,2-7H2,1H3,(H,14,15). The number of nitrogens with zero attached hydrogens (tertiary/aromatic N) is 1. The van der Waals surface area contributed by atoms with E-state index in [9.17, 15) is 18.3 Å². The minimum absolute atomic E-state index is 0.0956. The number of rotatable bonds is 6. The molecule has 0 aromatic carbocycles. The second-order valence-corrected chi connectivity index (χ2v) is 6.08. The minimum atomic E-state index is -3.84. The minimum Gasteiger partial charge on any atom is -0.480 e. The molecule has 0 radical (unpaired) electrons. The maximum absolute atomic E-state index is 12.0. The van der Waals surface area contributed by atoms with Crippen molar-refractivity contribution in [1.29, 1.82) is 0 Å². The normalized spacial score (nSPS) is 23.8. The van der Waals surface area contributed by atoms with E-state index in [1.165, 1.54) is 0 Å². The Morgan fingerprint density at radius 1 is 1.50 bits per heavy atom. The van der Waals surface area contributed by atoms with Gasteiger partial charge in [-0.2, -0.15) is 17.4 Å². The van der Waals surface area contributed by atoms with Crippen LogP contribution >= 0.6 is 0 Å². The van der Waals surface area contributed by atoms with Crippen LogP contribution in [0.25, 0.3) is 0 Å². The predicted octanol–water partition coefficient (Wildman–Crippen LogP) is -0.469. The average Bonchev–Trinajstić information content (AvgIpc) is 2.36. The van der Waals surface area contributed by atoms with Crippen LogP contribution in [0.2, 0.25) is 0 Å². The van der Waals surface area contributed by atoms with Crippen LogP contribution in [0.5, 0.6) is 0 Å². The van der Waals surface area contributed by atoms with E-state index < -0.39 is 28.3 Å². The van der Waals surface area contributed by atoms with Gasteiger partial charge in [-0.05, 0) is 25.7 Å². The molecule has 7 nitrogen and oxygen atoms in total. The lowest BCUT2D eigenvalue weighted by Crippen LogP contribution is -2.53. The van der Waals surface area contributed by atoms with Crippen molar-refractivity contribution in [2.45, 2.75) is 44.8 Å². The SMILES string of the molecule is CCC(O)CNS(=O)(=O)N1CCCCC1C(=O)O. The highest BCUT2D eigenvalue weighted by molar-refractivity contribution is 7.87. The largest absolute Gasteiger partial charge is 0.480 e. The first kappa shape index (κ1) is 15.4. The quantitative estimate of drug-likeness (QED) is 0.610. The smallest absolute Gasteiger partial charge is 0.322 e. The first-order valence-electron chi connectivity index (χ1n) is 6.05. The molecule has 1 heterocycles. The van der Waals surface area contributed by atoms with Crippen molar-refractivity contribution in [3.8, 4) is 0 Å². The molecule has 0 bridgehead atoms. The lowest BCUT2D eigenvalue weighted by molar-refractivity contribution is -0.142. The van der Waals surface area contributed by atoms with Crippen molar-refractivity contribution in [1.82, 2.24) is 9.03 Å². The Morgan fingerprint density at radius 2 is 2.17 bits per heavy atom. The molecule has 2 atom stereocenters. The average molecular weight is 280 g/mol. The third-order valence-corrected chi connectivity index (χ3v) is 4.61. The zero-order valence-electron chi connectivity index (χ0n) is 10.4. The summed E-state index contributed by atoms with van der Waals surface area (Å²) in [6.45, 7) is 1.84. The molecule has 18 heavy (non-hydrogen) atoms. The van der Waals surface area contributed by atoms with Crippen molar-refractivity contribution in [2.24, 2.45) is 0 Å². The summed E-state index contributed by atoms with van der Waals surface area (Å²) in [6.07, 6.45) is 1.37. The third kappa shape index (κ3) is 3.91. The molecular weight excluding hydrogens is 260 g/mol. The van der Waals surface area contributed by atoms with Crippen LogP contribution in [-0.2, 0) is 15.0 Å². The van der Waals surface area contributed by atoms with Crippen molar-refractivity contribution >= 4 is 16.2 Å². The van der Waals surface area contributed by atoms with Gasteiger partial charge < -0.3 is 10.2 Å². The Hall–Kier alpha value is -0.700. The zero-order valence-corrected chi connectivity index (χ0v) is 11.2. The molecular formula is C10H20N2O5S. The van der Waals surface area contributed by atoms with Gasteiger partial charge in [0.1, 0.15) is 6.04 Å². The zero-order chi connectivity index (χ0) is 13.8. The van der Waals surface area contributed by atoms with Gasteiger partial charge in [0.25, 0.3) is 10.2 Å². The summed E-state index contributed by atoms with van der Waals surface area (Å²) in [4.78, 5) is 11.0. The van der Waals surface area contributed by atoms with E-state index >= 15 is 0 Å². The number of carboxylic acid groups (broad SMARTS) is 1. The summed E-state index contributed by atoms with van der Waals surface area (Å²) in [6, 6.07) is -1.00. The number of piperidine rings is 1. The monoisotopic (exact) mass is 280 g/mol. The Balaban J connectivity index is 2.72. The van der Waals surface area contributed by atoms with Crippen LogP contribution in [-0.4, -0.2) is 54.1 Å². The Kier molecular flexibility index (Phi) is 5.51. The van der Waals surface area contributed by atoms with Gasteiger partial charge in [-0.25, -0.2) is 0 Å². The molecule has 106 valence electrons. The maximum Gasteiger partial charge on any atom is 0.322 e. The van der Waals surface area contributed by atoms with E-state index in [4.69, 9.17) is 5.11 Å². The Labute approximate surface area is 107 Å². The van der Waals surface area contributed by atoms with Crippen molar-refractivity contribution in [3.05, 3.63) is 0 Å². The van der Waals surface area contributed by atoms with Gasteiger partial charge in [0.05, 0.1) is 6.10 Å². The predicted molar refractivity (Wildman–Crippen MR) is 65.2 cm³/mol. The first-order chi connectivity index (χ1) is 8.38. The summed E-state index contributed by atoms with van der Waals surface area (Å²) in [5.41, 5.74) is 0. The van der Waals surface area contributed by atoms with Gasteiger partial charge in [-0.15, -0.1) is 0 Å². The molecule has 0 spiro atoms. The van der Waals surface area contributed by atoms with Crippen molar-refractivity contribution in [2.75, 3.05) is 13.1 Å². The van der Waals surface area contributed by atoms with E-state index in [2.05, 4.69) is 4.72 Å². The number of carboxylic acids is 1. The lowest BCUT2D eigenvalue weighted by atomic mass is 10.1. The van der Waals surface area contributed by atoms with Crippen LogP contribution in [0.4, 0.5) is 0 Å². The lowest BCUT2D eigenvalue weighted by Gasteiger charge is -2.32. The number of aliphatic carboxylic acids is 1. The molecule has 0 saturated carbocycles. The molecule has 0 amide bonds. The number of carbonyl (C=O) groups is 1. The molecule has 1 aliphatic rings. The van der Waals surface area contributed by atoms with E-state index in [0.29, 0.717) is 25.7 Å². The van der Waals surface area contributed by atoms with Gasteiger partial charge in [-0.3, -0.25) is 4.79 Å². The highest BCUT2D eigenvalue weighted by atomic mass is 32.2. The molecule has 0 aromatic rings. The highest BCUT2D eigenvalue weighted by Gasteiger charge is 2.36. The fourth-order valence-corrected chi connectivity index (χ4v) is 3.34. The van der Waals surface area contributed by atoms with E-state index in [0.717, 1.165) is 4.31 Å². The van der Waals surface area contributed by atoms with Gasteiger partial charge >= 0.3 is 5.97 Å². The second kappa shape index (κ2) is 6.46. The van der Waals surface area contributed by atoms with Crippen LogP contribution in [0.1, 0.15) is 32.6 Å². The van der Waals surface area contributed by atoms with Crippen LogP contribution in [0.15, 0.2) is 0 Å². The van der Waals surface area contributed by atoms with Crippen molar-refractivity contribution < 1.29 is 23.4 Å². The molecule has 0 aliphatic carbocycles. The first-order valence-corrected chi connectivity index (χ1v) is 7.49. The van der Waals surface area contributed by atoms with E-state index in [1.54, 1.807) is 6.92 Å². The number of nitrogens with one attached hydrogen (secondary N) is 1. The Morgan fingerprint density at radius 3 is 2.72 bits per heavy atom. The molecule has 3 N–H and O–H groups in total. The van der Waals surface area contributed by atoms with Crippen LogP contribution in [0, 0.1) is 0 Å². The summed E-state index contributed by atoms with van der Waals surface area (Å²) < 4.78 is 27.1. The molecule has 2 unspecified atom stereocenters. The van der Waals surface area contributed by atoms with Crippen LogP contribution < -0.4 is 4.72 Å². The van der Waals surface area contributed by atoms with Crippen molar-refractivity contribution in [3.63, 3.8) is 0 Å². The number of aliphatic hydroxyl groups excluding tert-OH is 1. The van der Waals surface area contributed by atoms with Gasteiger partial charge in [0, 0.05) is 13.1 Å². The molecule has 1 saturated heterocycles. The second-order valence-electron chi connectivity index (χ2n) is 4.38. The molecule has 1 rings (SSSR count).